The zero-order valence-electron chi connectivity index (χ0n) is 7.59. The maximum atomic E-state index is 4.20. The van der Waals surface area contributed by atoms with E-state index in [2.05, 4.69) is 16.9 Å². The second-order valence-electron chi connectivity index (χ2n) is 2.83. The van der Waals surface area contributed by atoms with Crippen molar-refractivity contribution in [1.82, 2.24) is 5.32 Å². The molecule has 0 aromatic rings. The van der Waals surface area contributed by atoms with E-state index in [0.717, 1.165) is 23.7 Å². The van der Waals surface area contributed by atoms with E-state index >= 15 is 0 Å². The lowest BCUT2D eigenvalue weighted by molar-refractivity contribution is 1.11. The van der Waals surface area contributed by atoms with Crippen molar-refractivity contribution in [2.45, 2.75) is 13.8 Å². The van der Waals surface area contributed by atoms with Crippen molar-refractivity contribution in [3.05, 3.63) is 36.1 Å². The predicted molar refractivity (Wildman–Crippen MR) is 53.1 cm³/mol. The lowest BCUT2D eigenvalue weighted by Gasteiger charge is -1.95. The van der Waals surface area contributed by atoms with Gasteiger partial charge in [-0.2, -0.15) is 0 Å². The van der Waals surface area contributed by atoms with Gasteiger partial charge in [-0.25, -0.2) is 0 Å². The Kier molecular flexibility index (Phi) is 2.86. The summed E-state index contributed by atoms with van der Waals surface area (Å²) in [7, 11) is 0. The fraction of sp³-hybridized carbons (Fsp3) is 0.300. The fourth-order valence-electron chi connectivity index (χ4n) is 0.910. The molecule has 0 atom stereocenters. The highest BCUT2D eigenvalue weighted by atomic mass is 15.1. The Morgan fingerprint density at radius 3 is 2.92 bits per heavy atom. The molecule has 0 spiro atoms. The number of hydrogen-bond donors (Lipinski definition) is 1. The third-order valence-electron chi connectivity index (χ3n) is 1.70. The molecule has 12 heavy (non-hydrogen) atoms. The number of nitrogens with zero attached hydrogens (tertiary/aromatic N) is 1. The minimum atomic E-state index is 0.771. The minimum absolute atomic E-state index is 0.771. The highest BCUT2D eigenvalue weighted by molar-refractivity contribution is 5.83. The van der Waals surface area contributed by atoms with Crippen LogP contribution in [0.2, 0.25) is 0 Å². The van der Waals surface area contributed by atoms with Crippen LogP contribution in [-0.2, 0) is 0 Å². The summed E-state index contributed by atoms with van der Waals surface area (Å²) in [6, 6.07) is 0. The lowest BCUT2D eigenvalue weighted by atomic mass is 10.2. The first-order valence-electron chi connectivity index (χ1n) is 4.00. The van der Waals surface area contributed by atoms with E-state index in [1.165, 1.54) is 0 Å². The van der Waals surface area contributed by atoms with E-state index in [9.17, 15) is 0 Å². The van der Waals surface area contributed by atoms with Gasteiger partial charge in [-0.15, -0.1) is 0 Å². The number of hydrogen-bond acceptors (Lipinski definition) is 2. The summed E-state index contributed by atoms with van der Waals surface area (Å²) in [6.07, 6.45) is 5.90. The molecule has 1 heterocycles. The lowest BCUT2D eigenvalue weighted by Crippen LogP contribution is -2.12. The van der Waals surface area contributed by atoms with Crippen LogP contribution in [0.15, 0.2) is 41.1 Å². The predicted octanol–water partition coefficient (Wildman–Crippen LogP) is 2.02. The van der Waals surface area contributed by atoms with E-state index in [4.69, 9.17) is 0 Å². The number of amidine groups is 1. The number of nitrogens with one attached hydrogen (secondary N) is 1. The molecule has 0 aromatic carbocycles. The Balaban J connectivity index is 2.56. The summed E-state index contributed by atoms with van der Waals surface area (Å²) < 4.78 is 0. The van der Waals surface area contributed by atoms with Crippen LogP contribution in [0.4, 0.5) is 0 Å². The zero-order valence-corrected chi connectivity index (χ0v) is 7.59. The van der Waals surface area contributed by atoms with Gasteiger partial charge in [-0.05, 0) is 19.9 Å². The monoisotopic (exact) mass is 162 g/mol. The molecule has 0 aliphatic carbocycles. The van der Waals surface area contributed by atoms with Crippen molar-refractivity contribution < 1.29 is 0 Å². The molecule has 2 nitrogen and oxygen atoms in total. The first kappa shape index (κ1) is 8.78. The summed E-state index contributed by atoms with van der Waals surface area (Å²) >= 11 is 0. The maximum Gasteiger partial charge on any atom is 0.0978 e. The molecule has 0 saturated heterocycles. The molecule has 1 aliphatic heterocycles. The van der Waals surface area contributed by atoms with Crippen molar-refractivity contribution in [3.63, 3.8) is 0 Å². The molecule has 0 bridgehead atoms. The van der Waals surface area contributed by atoms with Gasteiger partial charge in [0, 0.05) is 5.70 Å². The Labute approximate surface area is 73.4 Å². The third-order valence-corrected chi connectivity index (χ3v) is 1.70. The van der Waals surface area contributed by atoms with Gasteiger partial charge in [0.05, 0.1) is 12.4 Å². The summed E-state index contributed by atoms with van der Waals surface area (Å²) in [5, 5.41) is 3.17. The minimum Gasteiger partial charge on any atom is -0.346 e. The van der Waals surface area contributed by atoms with E-state index in [1.54, 1.807) is 0 Å². The Morgan fingerprint density at radius 1 is 1.67 bits per heavy atom. The van der Waals surface area contributed by atoms with Crippen LogP contribution in [0.1, 0.15) is 13.8 Å². The third kappa shape index (κ3) is 2.38. The van der Waals surface area contributed by atoms with Crippen LogP contribution in [-0.4, -0.2) is 12.4 Å². The van der Waals surface area contributed by atoms with Crippen LogP contribution in [0, 0.1) is 0 Å². The first-order chi connectivity index (χ1) is 5.72. The quantitative estimate of drug-likeness (QED) is 0.617. The Hall–Kier alpha value is -1.31. The molecular weight excluding hydrogens is 148 g/mol. The molecule has 0 unspecified atom stereocenters. The fourth-order valence-corrected chi connectivity index (χ4v) is 0.910. The van der Waals surface area contributed by atoms with Crippen molar-refractivity contribution in [2.75, 3.05) is 6.54 Å². The molecular formula is C10H14N2. The van der Waals surface area contributed by atoms with E-state index in [-0.39, 0.29) is 0 Å². The SMILES string of the molecule is C=C/C(C)=C\C=C1/CN=C(C)N1. The van der Waals surface area contributed by atoms with Crippen LogP contribution >= 0.6 is 0 Å². The second kappa shape index (κ2) is 3.90. The summed E-state index contributed by atoms with van der Waals surface area (Å²) in [5.41, 5.74) is 2.31. The zero-order chi connectivity index (χ0) is 8.97. The molecule has 64 valence electrons. The van der Waals surface area contributed by atoms with Gasteiger partial charge in [0.2, 0.25) is 0 Å². The molecule has 1 aliphatic rings. The van der Waals surface area contributed by atoms with Crippen LogP contribution < -0.4 is 5.32 Å². The van der Waals surface area contributed by atoms with Crippen molar-refractivity contribution >= 4 is 5.84 Å². The average molecular weight is 162 g/mol. The molecule has 0 amide bonds. The molecule has 0 aromatic heterocycles. The first-order valence-corrected chi connectivity index (χ1v) is 4.00. The van der Waals surface area contributed by atoms with Gasteiger partial charge >= 0.3 is 0 Å². The van der Waals surface area contributed by atoms with Crippen LogP contribution in [0.3, 0.4) is 0 Å². The maximum absolute atomic E-state index is 4.20. The van der Waals surface area contributed by atoms with Gasteiger partial charge in [0.1, 0.15) is 0 Å². The number of rotatable bonds is 2. The smallest absolute Gasteiger partial charge is 0.0978 e. The molecule has 0 saturated carbocycles. The summed E-state index contributed by atoms with van der Waals surface area (Å²) in [4.78, 5) is 4.20. The van der Waals surface area contributed by atoms with Crippen LogP contribution in [0.5, 0.6) is 0 Å². The van der Waals surface area contributed by atoms with Gasteiger partial charge in [-0.1, -0.05) is 24.3 Å². The molecule has 0 fully saturated rings. The van der Waals surface area contributed by atoms with Crippen molar-refractivity contribution in [3.8, 4) is 0 Å². The average Bonchev–Trinajstić information content (AvgIpc) is 2.47. The second-order valence-corrected chi connectivity index (χ2v) is 2.83. The van der Waals surface area contributed by atoms with Gasteiger partial charge < -0.3 is 5.32 Å². The molecule has 1 N–H and O–H groups in total. The highest BCUT2D eigenvalue weighted by Crippen LogP contribution is 2.01. The van der Waals surface area contributed by atoms with Crippen LogP contribution in [0.25, 0.3) is 0 Å². The van der Waals surface area contributed by atoms with E-state index in [1.807, 2.05) is 32.1 Å². The molecule has 0 radical (unpaired) electrons. The number of allylic oxidation sites excluding steroid dienone is 4. The van der Waals surface area contributed by atoms with Gasteiger partial charge in [0.25, 0.3) is 0 Å². The molecule has 1 rings (SSSR count). The van der Waals surface area contributed by atoms with Crippen molar-refractivity contribution in [2.24, 2.45) is 4.99 Å². The standard InChI is InChI=1S/C10H14N2/c1-4-8(2)5-6-10-7-11-9(3)12-10/h4-6H,1,7H2,2-3H3,(H,11,12)/b8-5-,10-6+. The summed E-state index contributed by atoms with van der Waals surface area (Å²) in [5.74, 6) is 0.992. The highest BCUT2D eigenvalue weighted by Gasteiger charge is 2.03. The summed E-state index contributed by atoms with van der Waals surface area (Å²) in [6.45, 7) is 8.43. The topological polar surface area (TPSA) is 24.4 Å². The largest absolute Gasteiger partial charge is 0.346 e. The van der Waals surface area contributed by atoms with E-state index < -0.39 is 0 Å². The van der Waals surface area contributed by atoms with Gasteiger partial charge in [-0.3, -0.25) is 4.99 Å². The Bertz CT molecular complexity index is 270. The van der Waals surface area contributed by atoms with Crippen molar-refractivity contribution in [1.29, 1.82) is 0 Å². The van der Waals surface area contributed by atoms with E-state index in [0.29, 0.717) is 0 Å². The molecule has 2 heteroatoms. The normalized spacial score (nSPS) is 20.7. The Morgan fingerprint density at radius 2 is 2.42 bits per heavy atom. The number of aliphatic imine (C=N–C) groups is 1. The van der Waals surface area contributed by atoms with Gasteiger partial charge in [0.15, 0.2) is 0 Å².